The van der Waals surface area contributed by atoms with Crippen molar-refractivity contribution < 1.29 is 0 Å². The van der Waals surface area contributed by atoms with E-state index in [1.165, 1.54) is 25.7 Å². The van der Waals surface area contributed by atoms with E-state index in [9.17, 15) is 0 Å². The summed E-state index contributed by atoms with van der Waals surface area (Å²) in [5, 5.41) is 3.53. The van der Waals surface area contributed by atoms with Crippen LogP contribution < -0.4 is 11.1 Å². The van der Waals surface area contributed by atoms with Gasteiger partial charge in [0.05, 0.1) is 0 Å². The molecule has 0 aliphatic heterocycles. The molecule has 1 aromatic rings. The fraction of sp³-hybridized carbons (Fsp3) is 0.533. The van der Waals surface area contributed by atoms with E-state index in [4.69, 9.17) is 18.0 Å². The number of halogens is 1. The highest BCUT2D eigenvalue weighted by Crippen LogP contribution is 2.29. The van der Waals surface area contributed by atoms with Gasteiger partial charge in [0.15, 0.2) is 0 Å². The van der Waals surface area contributed by atoms with E-state index in [0.29, 0.717) is 4.99 Å². The molecule has 1 aliphatic carbocycles. The Morgan fingerprint density at radius 3 is 2.95 bits per heavy atom. The highest BCUT2D eigenvalue weighted by molar-refractivity contribution is 9.10. The molecule has 0 aromatic heterocycles. The smallest absolute Gasteiger partial charge is 0.106 e. The van der Waals surface area contributed by atoms with Gasteiger partial charge in [-0.15, -0.1) is 0 Å². The van der Waals surface area contributed by atoms with Crippen LogP contribution in [0.1, 0.15) is 38.2 Å². The van der Waals surface area contributed by atoms with Crippen molar-refractivity contribution in [2.45, 2.75) is 32.6 Å². The second-order valence-electron chi connectivity index (χ2n) is 5.57. The standard InChI is InChI=1S/C15H21BrN2S/c1-10-3-2-4-11(7-10)9-18-14-8-12(16)5-6-13(14)15(17)19/h5-6,8,10-11,18H,2-4,7,9H2,1H3,(H2,17,19). The lowest BCUT2D eigenvalue weighted by Gasteiger charge is -2.27. The van der Waals surface area contributed by atoms with E-state index < -0.39 is 0 Å². The van der Waals surface area contributed by atoms with Gasteiger partial charge in [-0.05, 0) is 42.9 Å². The molecular formula is C15H21BrN2S. The fourth-order valence-electron chi connectivity index (χ4n) is 2.88. The van der Waals surface area contributed by atoms with E-state index in [-0.39, 0.29) is 0 Å². The zero-order valence-electron chi connectivity index (χ0n) is 11.3. The molecule has 1 aromatic carbocycles. The minimum absolute atomic E-state index is 0.451. The molecule has 1 aliphatic rings. The minimum atomic E-state index is 0.451. The Morgan fingerprint density at radius 1 is 1.47 bits per heavy atom. The summed E-state index contributed by atoms with van der Waals surface area (Å²) in [6.07, 6.45) is 5.39. The first-order chi connectivity index (χ1) is 9.06. The zero-order chi connectivity index (χ0) is 13.8. The zero-order valence-corrected chi connectivity index (χ0v) is 13.7. The first-order valence-corrected chi connectivity index (χ1v) is 8.09. The van der Waals surface area contributed by atoms with Crippen molar-refractivity contribution >= 4 is 38.8 Å². The Labute approximate surface area is 129 Å². The number of nitrogens with one attached hydrogen (secondary N) is 1. The molecule has 2 nitrogen and oxygen atoms in total. The number of rotatable bonds is 4. The second-order valence-corrected chi connectivity index (χ2v) is 6.93. The Morgan fingerprint density at radius 2 is 2.26 bits per heavy atom. The van der Waals surface area contributed by atoms with Crippen molar-refractivity contribution in [1.82, 2.24) is 0 Å². The van der Waals surface area contributed by atoms with E-state index in [2.05, 4.69) is 34.2 Å². The first kappa shape index (κ1) is 14.8. The first-order valence-electron chi connectivity index (χ1n) is 6.89. The number of anilines is 1. The summed E-state index contributed by atoms with van der Waals surface area (Å²) in [5.74, 6) is 1.63. The van der Waals surface area contributed by atoms with Crippen molar-refractivity contribution in [3.8, 4) is 0 Å². The molecule has 104 valence electrons. The molecule has 3 N–H and O–H groups in total. The summed E-state index contributed by atoms with van der Waals surface area (Å²) in [5.41, 5.74) is 7.75. The van der Waals surface area contributed by atoms with Gasteiger partial charge >= 0.3 is 0 Å². The number of nitrogens with two attached hydrogens (primary N) is 1. The second kappa shape index (κ2) is 6.71. The molecule has 1 fully saturated rings. The van der Waals surface area contributed by atoms with Crippen LogP contribution in [-0.2, 0) is 0 Å². The van der Waals surface area contributed by atoms with E-state index in [1.54, 1.807) is 0 Å². The summed E-state index contributed by atoms with van der Waals surface area (Å²) in [4.78, 5) is 0.451. The monoisotopic (exact) mass is 340 g/mol. The molecule has 2 atom stereocenters. The number of benzene rings is 1. The van der Waals surface area contributed by atoms with Crippen molar-refractivity contribution in [3.63, 3.8) is 0 Å². The molecular weight excluding hydrogens is 320 g/mol. The van der Waals surface area contributed by atoms with E-state index in [0.717, 1.165) is 34.1 Å². The molecule has 0 saturated heterocycles. The molecule has 0 bridgehead atoms. The van der Waals surface area contributed by atoms with Crippen LogP contribution in [0.15, 0.2) is 22.7 Å². The molecule has 0 amide bonds. The highest BCUT2D eigenvalue weighted by Gasteiger charge is 2.19. The van der Waals surface area contributed by atoms with Gasteiger partial charge in [0, 0.05) is 22.3 Å². The molecule has 19 heavy (non-hydrogen) atoms. The summed E-state index contributed by atoms with van der Waals surface area (Å²) in [6, 6.07) is 6.00. The van der Waals surface area contributed by atoms with Crippen LogP contribution in [0.3, 0.4) is 0 Å². The molecule has 2 rings (SSSR count). The molecule has 0 heterocycles. The average Bonchev–Trinajstić information content (AvgIpc) is 2.36. The van der Waals surface area contributed by atoms with Crippen LogP contribution in [0.4, 0.5) is 5.69 Å². The van der Waals surface area contributed by atoms with Crippen molar-refractivity contribution in [1.29, 1.82) is 0 Å². The van der Waals surface area contributed by atoms with Gasteiger partial charge in [0.1, 0.15) is 4.99 Å². The van der Waals surface area contributed by atoms with Crippen LogP contribution in [0.5, 0.6) is 0 Å². The van der Waals surface area contributed by atoms with Crippen molar-refractivity contribution in [3.05, 3.63) is 28.2 Å². The van der Waals surface area contributed by atoms with Crippen LogP contribution >= 0.6 is 28.1 Å². The van der Waals surface area contributed by atoms with Gasteiger partial charge in [0.2, 0.25) is 0 Å². The molecule has 1 saturated carbocycles. The van der Waals surface area contributed by atoms with Gasteiger partial charge in [-0.2, -0.15) is 0 Å². The van der Waals surface area contributed by atoms with Crippen LogP contribution in [0.25, 0.3) is 0 Å². The number of thiocarbonyl (C=S) groups is 1. The minimum Gasteiger partial charge on any atom is -0.389 e. The maximum Gasteiger partial charge on any atom is 0.106 e. The Kier molecular flexibility index (Phi) is 5.22. The van der Waals surface area contributed by atoms with Gasteiger partial charge in [-0.25, -0.2) is 0 Å². The SMILES string of the molecule is CC1CCCC(CNc2cc(Br)ccc2C(N)=S)C1. The van der Waals surface area contributed by atoms with Gasteiger partial charge in [-0.1, -0.05) is 47.9 Å². The lowest BCUT2D eigenvalue weighted by Crippen LogP contribution is -2.22. The molecule has 4 heteroatoms. The third-order valence-electron chi connectivity index (χ3n) is 3.87. The molecule has 2 unspecified atom stereocenters. The largest absolute Gasteiger partial charge is 0.389 e. The van der Waals surface area contributed by atoms with Gasteiger partial charge < -0.3 is 11.1 Å². The molecule has 0 spiro atoms. The summed E-state index contributed by atoms with van der Waals surface area (Å²) in [6.45, 7) is 3.36. The third kappa shape index (κ3) is 4.18. The van der Waals surface area contributed by atoms with Crippen molar-refractivity contribution in [2.24, 2.45) is 17.6 Å². The summed E-state index contributed by atoms with van der Waals surface area (Å²) < 4.78 is 1.05. The summed E-state index contributed by atoms with van der Waals surface area (Å²) in [7, 11) is 0. The van der Waals surface area contributed by atoms with Crippen LogP contribution in [-0.4, -0.2) is 11.5 Å². The summed E-state index contributed by atoms with van der Waals surface area (Å²) >= 11 is 8.60. The Bertz CT molecular complexity index is 461. The lowest BCUT2D eigenvalue weighted by atomic mass is 9.82. The predicted molar refractivity (Wildman–Crippen MR) is 89.6 cm³/mol. The predicted octanol–water partition coefficient (Wildman–Crippen LogP) is 4.32. The Balaban J connectivity index is 2.02. The number of hydrogen-bond acceptors (Lipinski definition) is 2. The average molecular weight is 341 g/mol. The van der Waals surface area contributed by atoms with Crippen LogP contribution in [0.2, 0.25) is 0 Å². The van der Waals surface area contributed by atoms with E-state index in [1.807, 2.05) is 12.1 Å². The van der Waals surface area contributed by atoms with Gasteiger partial charge in [-0.3, -0.25) is 0 Å². The number of hydrogen-bond donors (Lipinski definition) is 2. The normalized spacial score (nSPS) is 23.1. The topological polar surface area (TPSA) is 38.0 Å². The fourth-order valence-corrected chi connectivity index (χ4v) is 3.42. The van der Waals surface area contributed by atoms with E-state index >= 15 is 0 Å². The lowest BCUT2D eigenvalue weighted by molar-refractivity contribution is 0.293. The quantitative estimate of drug-likeness (QED) is 0.801. The van der Waals surface area contributed by atoms with Crippen molar-refractivity contribution in [2.75, 3.05) is 11.9 Å². The maximum atomic E-state index is 5.77. The third-order valence-corrected chi connectivity index (χ3v) is 4.59. The van der Waals surface area contributed by atoms with Gasteiger partial charge in [0.25, 0.3) is 0 Å². The maximum absolute atomic E-state index is 5.77. The molecule has 0 radical (unpaired) electrons. The Hall–Kier alpha value is -0.610. The highest BCUT2D eigenvalue weighted by atomic mass is 79.9. The van der Waals surface area contributed by atoms with Crippen LogP contribution in [0, 0.1) is 11.8 Å².